The molecule has 0 aliphatic heterocycles. The monoisotopic (exact) mass is 468 g/mol. The summed E-state index contributed by atoms with van der Waals surface area (Å²) in [6.45, 7) is 5.31. The number of nitrogens with zero attached hydrogens (tertiary/aromatic N) is 2. The fraction of sp³-hybridized carbons (Fsp3) is 0.292. The Labute approximate surface area is 195 Å². The molecule has 8 heteroatoms. The van der Waals surface area contributed by atoms with Crippen molar-refractivity contribution in [2.75, 3.05) is 7.11 Å². The summed E-state index contributed by atoms with van der Waals surface area (Å²) in [5.74, 6) is 0.437. The van der Waals surface area contributed by atoms with Gasteiger partial charge < -0.3 is 18.8 Å². The third-order valence-electron chi connectivity index (χ3n) is 5.76. The average molecular weight is 469 g/mol. The van der Waals surface area contributed by atoms with E-state index in [4.69, 9.17) is 21.4 Å². The fourth-order valence-corrected chi connectivity index (χ4v) is 5.69. The summed E-state index contributed by atoms with van der Waals surface area (Å²) in [5.41, 5.74) is 1.88. The smallest absolute Gasteiger partial charge is 0.329 e. The van der Waals surface area contributed by atoms with Crippen molar-refractivity contribution < 1.29 is 19.1 Å². The molecule has 0 spiro atoms. The number of methoxy groups -OCH3 is 1. The van der Waals surface area contributed by atoms with Crippen molar-refractivity contribution in [1.29, 1.82) is 0 Å². The molecule has 166 valence electrons. The first-order valence-corrected chi connectivity index (χ1v) is 11.4. The van der Waals surface area contributed by atoms with Crippen LogP contribution in [0.3, 0.4) is 0 Å². The van der Waals surface area contributed by atoms with Crippen LogP contribution < -0.4 is 4.74 Å². The normalized spacial score (nSPS) is 11.8. The van der Waals surface area contributed by atoms with E-state index >= 15 is 0 Å². The Morgan fingerprint density at radius 3 is 2.66 bits per heavy atom. The maximum Gasteiger partial charge on any atom is 0.329 e. The Kier molecular flexibility index (Phi) is 5.92. The number of ether oxygens (including phenoxy) is 1. The molecule has 0 fully saturated rings. The highest BCUT2D eigenvalue weighted by Crippen LogP contribution is 2.41. The van der Waals surface area contributed by atoms with Gasteiger partial charge in [-0.1, -0.05) is 30.4 Å². The Bertz CT molecular complexity index is 1350. The van der Waals surface area contributed by atoms with Crippen molar-refractivity contribution in [3.63, 3.8) is 0 Å². The summed E-state index contributed by atoms with van der Waals surface area (Å²) in [7, 11) is 1.66. The van der Waals surface area contributed by atoms with E-state index in [1.807, 2.05) is 37.4 Å². The number of aliphatic carboxylic acids is 1. The number of pyridine rings is 1. The van der Waals surface area contributed by atoms with Gasteiger partial charge in [-0.3, -0.25) is 0 Å². The largest absolute Gasteiger partial charge is 0.496 e. The minimum atomic E-state index is -1.19. The van der Waals surface area contributed by atoms with Gasteiger partial charge in [0.2, 0.25) is 5.89 Å². The molecule has 0 atom stereocenters. The van der Waals surface area contributed by atoms with E-state index in [9.17, 15) is 9.90 Å². The second-order valence-corrected chi connectivity index (χ2v) is 9.51. The van der Waals surface area contributed by atoms with Crippen molar-refractivity contribution in [3.8, 4) is 16.5 Å². The topological polar surface area (TPSA) is 77.5 Å². The minimum Gasteiger partial charge on any atom is -0.496 e. The van der Waals surface area contributed by atoms with Gasteiger partial charge in [-0.15, -0.1) is 11.3 Å². The maximum absolute atomic E-state index is 12.1. The molecule has 0 saturated heterocycles. The molecule has 32 heavy (non-hydrogen) atoms. The second kappa shape index (κ2) is 8.52. The van der Waals surface area contributed by atoms with Gasteiger partial charge in [0.15, 0.2) is 0 Å². The minimum absolute atomic E-state index is 0.500. The highest BCUT2D eigenvalue weighted by molar-refractivity contribution is 7.71. The molecular formula is C24H24N2O4S2. The molecule has 0 amide bonds. The quantitative estimate of drug-likeness (QED) is 0.335. The number of carbonyl (C=O) groups is 1. The summed E-state index contributed by atoms with van der Waals surface area (Å²) in [6, 6.07) is 7.93. The van der Waals surface area contributed by atoms with Crippen LogP contribution in [-0.4, -0.2) is 27.7 Å². The lowest BCUT2D eigenvalue weighted by Gasteiger charge is -2.25. The lowest BCUT2D eigenvalue weighted by molar-refractivity contribution is -0.145. The van der Waals surface area contributed by atoms with Crippen LogP contribution >= 0.6 is 23.6 Å². The van der Waals surface area contributed by atoms with Crippen LogP contribution in [0.2, 0.25) is 0 Å². The molecule has 0 aliphatic carbocycles. The molecule has 0 saturated carbocycles. The number of hydrogen-bond acceptors (Lipinski definition) is 6. The first-order chi connectivity index (χ1) is 15.3. The van der Waals surface area contributed by atoms with E-state index in [0.29, 0.717) is 17.0 Å². The van der Waals surface area contributed by atoms with Gasteiger partial charge in [-0.25, -0.2) is 9.78 Å². The van der Waals surface area contributed by atoms with Gasteiger partial charge in [0, 0.05) is 16.3 Å². The van der Waals surface area contributed by atoms with Gasteiger partial charge >= 0.3 is 5.97 Å². The molecular weight excluding hydrogens is 444 g/mol. The molecule has 0 radical (unpaired) electrons. The van der Waals surface area contributed by atoms with Crippen molar-refractivity contribution in [2.24, 2.45) is 0 Å². The Hall–Kier alpha value is -2.97. The van der Waals surface area contributed by atoms with E-state index in [1.165, 1.54) is 0 Å². The van der Waals surface area contributed by atoms with Crippen molar-refractivity contribution in [3.05, 3.63) is 64.3 Å². The Morgan fingerprint density at radius 1 is 1.28 bits per heavy atom. The number of thiophene rings is 1. The third-order valence-corrected chi connectivity index (χ3v) is 7.52. The summed E-state index contributed by atoms with van der Waals surface area (Å²) in [5, 5.41) is 10.8. The zero-order valence-electron chi connectivity index (χ0n) is 18.3. The van der Waals surface area contributed by atoms with Gasteiger partial charge in [0.05, 0.1) is 18.2 Å². The van der Waals surface area contributed by atoms with Gasteiger partial charge in [-0.05, 0) is 56.4 Å². The number of rotatable bonds is 7. The standard InChI is InChI=1S/C24H24N2O4S2/c1-14-18-20(32-19(14)21-25-11-12-30-21)16(10-9-15-7-5-6-8-17(15)29-4)13-26(22(18)31)24(2,3)23(27)28/h5-8,11-13H,9-10H2,1-4H3,(H,27,28). The first-order valence-electron chi connectivity index (χ1n) is 10.2. The molecule has 1 aromatic carbocycles. The molecule has 4 aromatic rings. The number of aromatic nitrogens is 2. The molecule has 3 aromatic heterocycles. The molecule has 0 bridgehead atoms. The van der Waals surface area contributed by atoms with Crippen molar-refractivity contribution >= 4 is 39.6 Å². The average Bonchev–Trinajstić information content (AvgIpc) is 3.41. The van der Waals surface area contributed by atoms with Crippen LogP contribution in [0.25, 0.3) is 20.9 Å². The predicted molar refractivity (Wildman–Crippen MR) is 128 cm³/mol. The lowest BCUT2D eigenvalue weighted by atomic mass is 10.0. The first kappa shape index (κ1) is 22.2. The molecule has 3 heterocycles. The highest BCUT2D eigenvalue weighted by atomic mass is 32.1. The van der Waals surface area contributed by atoms with Crippen LogP contribution in [0.4, 0.5) is 0 Å². The lowest BCUT2D eigenvalue weighted by Crippen LogP contribution is -2.36. The number of carboxylic acid groups (broad SMARTS) is 1. The maximum atomic E-state index is 12.1. The fourth-order valence-electron chi connectivity index (χ4n) is 3.81. The highest BCUT2D eigenvalue weighted by Gasteiger charge is 2.31. The number of para-hydroxylation sites is 1. The number of aryl methyl sites for hydroxylation is 3. The van der Waals surface area contributed by atoms with E-state index < -0.39 is 11.5 Å². The zero-order chi connectivity index (χ0) is 23.0. The van der Waals surface area contributed by atoms with E-state index in [0.717, 1.165) is 43.8 Å². The van der Waals surface area contributed by atoms with Gasteiger partial charge in [-0.2, -0.15) is 0 Å². The molecule has 1 N–H and O–H groups in total. The Morgan fingerprint density at radius 2 is 2.00 bits per heavy atom. The number of carboxylic acids is 1. The zero-order valence-corrected chi connectivity index (χ0v) is 20.0. The molecule has 0 unspecified atom stereocenters. The second-order valence-electron chi connectivity index (χ2n) is 8.10. The predicted octanol–water partition coefficient (Wildman–Crippen LogP) is 6.01. The van der Waals surface area contributed by atoms with E-state index in [-0.39, 0.29) is 0 Å². The summed E-state index contributed by atoms with van der Waals surface area (Å²) < 4.78 is 14.3. The molecule has 0 aliphatic rings. The van der Waals surface area contributed by atoms with Crippen LogP contribution in [0.5, 0.6) is 5.75 Å². The number of oxazole rings is 1. The van der Waals surface area contributed by atoms with Crippen LogP contribution in [0, 0.1) is 11.6 Å². The summed E-state index contributed by atoms with van der Waals surface area (Å²) in [4.78, 5) is 17.3. The van der Waals surface area contributed by atoms with Crippen LogP contribution in [0.1, 0.15) is 30.5 Å². The Balaban J connectivity index is 1.92. The van der Waals surface area contributed by atoms with Gasteiger partial charge in [0.1, 0.15) is 22.2 Å². The molecule has 6 nitrogen and oxygen atoms in total. The molecule has 4 rings (SSSR count). The SMILES string of the molecule is COc1ccccc1CCc1cn(C(C)(C)C(=O)O)c(=S)c2c(C)c(-c3ncco3)sc12. The number of hydrogen-bond donors (Lipinski definition) is 1. The van der Waals surface area contributed by atoms with Gasteiger partial charge in [0.25, 0.3) is 0 Å². The summed E-state index contributed by atoms with van der Waals surface area (Å²) in [6.07, 6.45) is 6.50. The van der Waals surface area contributed by atoms with Crippen molar-refractivity contribution in [2.45, 2.75) is 39.2 Å². The van der Waals surface area contributed by atoms with Crippen LogP contribution in [0.15, 0.2) is 47.3 Å². The summed E-state index contributed by atoms with van der Waals surface area (Å²) >= 11 is 7.38. The van der Waals surface area contributed by atoms with E-state index in [2.05, 4.69) is 4.98 Å². The third kappa shape index (κ3) is 3.73. The van der Waals surface area contributed by atoms with Crippen LogP contribution in [-0.2, 0) is 23.2 Å². The number of benzene rings is 1. The van der Waals surface area contributed by atoms with Crippen molar-refractivity contribution in [1.82, 2.24) is 9.55 Å². The number of fused-ring (bicyclic) bond motifs is 1. The van der Waals surface area contributed by atoms with E-state index in [1.54, 1.807) is 49.3 Å².